The molecule has 2 fully saturated rings. The highest BCUT2D eigenvalue weighted by Crippen LogP contribution is 2.27. The summed E-state index contributed by atoms with van der Waals surface area (Å²) < 4.78 is 6.30. The number of H-pyrrole nitrogens is 1. The monoisotopic (exact) mass is 453 g/mol. The number of para-hydroxylation sites is 1. The number of hydrogen-bond donors (Lipinski definition) is 1. The summed E-state index contributed by atoms with van der Waals surface area (Å²) in [6.07, 6.45) is 6.90. The summed E-state index contributed by atoms with van der Waals surface area (Å²) in [5, 5.41) is 6.77. The van der Waals surface area contributed by atoms with Crippen molar-refractivity contribution < 1.29 is 14.3 Å². The number of benzene rings is 1. The van der Waals surface area contributed by atoms with Crippen LogP contribution >= 0.6 is 0 Å². The molecule has 178 valence electrons. The van der Waals surface area contributed by atoms with Crippen LogP contribution in [0.25, 0.3) is 0 Å². The smallest absolute Gasteiger partial charge is 0.223 e. The predicted molar refractivity (Wildman–Crippen MR) is 126 cm³/mol. The molecule has 0 unspecified atom stereocenters. The van der Waals surface area contributed by atoms with Crippen LogP contribution in [0.3, 0.4) is 0 Å². The minimum atomic E-state index is -0.0706. The number of carbonyl (C=O) groups is 2. The lowest BCUT2D eigenvalue weighted by atomic mass is 9.90. The number of rotatable bonds is 8. The molecule has 2 saturated heterocycles. The summed E-state index contributed by atoms with van der Waals surface area (Å²) in [7, 11) is 2.09. The molecule has 4 rings (SSSR count). The van der Waals surface area contributed by atoms with Crippen LogP contribution in [0.1, 0.15) is 31.2 Å². The molecule has 1 N–H and O–H groups in total. The Hall–Kier alpha value is -2.87. The van der Waals surface area contributed by atoms with Gasteiger partial charge in [0.25, 0.3) is 0 Å². The average molecular weight is 454 g/mol. The van der Waals surface area contributed by atoms with E-state index in [-0.39, 0.29) is 23.8 Å². The molecule has 0 bridgehead atoms. The maximum Gasteiger partial charge on any atom is 0.223 e. The van der Waals surface area contributed by atoms with Crippen molar-refractivity contribution in [3.8, 4) is 5.75 Å². The molecule has 33 heavy (non-hydrogen) atoms. The SMILES string of the molecule is CN1CCN(C(=O)C[C@H]2CN(C(=O)CCCc3cn[nH]c3)CC[C@@H]2Oc2ccccc2)CC1. The van der Waals surface area contributed by atoms with Crippen molar-refractivity contribution in [1.82, 2.24) is 24.9 Å². The van der Waals surface area contributed by atoms with Crippen molar-refractivity contribution in [2.75, 3.05) is 46.3 Å². The molecule has 2 atom stereocenters. The third-order valence-corrected chi connectivity index (χ3v) is 6.75. The first-order valence-electron chi connectivity index (χ1n) is 12.0. The number of nitrogens with one attached hydrogen (secondary N) is 1. The number of carbonyl (C=O) groups excluding carboxylic acids is 2. The molecular formula is C25H35N5O3. The summed E-state index contributed by atoms with van der Waals surface area (Å²) >= 11 is 0. The van der Waals surface area contributed by atoms with Gasteiger partial charge in [-0.1, -0.05) is 18.2 Å². The minimum Gasteiger partial charge on any atom is -0.490 e. The largest absolute Gasteiger partial charge is 0.490 e. The van der Waals surface area contributed by atoms with Gasteiger partial charge in [0.05, 0.1) is 6.20 Å². The molecule has 1 aromatic heterocycles. The fourth-order valence-corrected chi connectivity index (χ4v) is 4.69. The topological polar surface area (TPSA) is 81.8 Å². The Morgan fingerprint density at radius 2 is 1.85 bits per heavy atom. The summed E-state index contributed by atoms with van der Waals surface area (Å²) in [4.78, 5) is 32.2. The third-order valence-electron chi connectivity index (χ3n) is 6.75. The number of nitrogens with zero attached hydrogens (tertiary/aromatic N) is 4. The van der Waals surface area contributed by atoms with E-state index in [0.29, 0.717) is 25.9 Å². The summed E-state index contributed by atoms with van der Waals surface area (Å²) in [6, 6.07) is 9.78. The number of aromatic nitrogens is 2. The molecule has 2 aliphatic rings. The lowest BCUT2D eigenvalue weighted by molar-refractivity contribution is -0.140. The van der Waals surface area contributed by atoms with Crippen LogP contribution < -0.4 is 4.74 Å². The van der Waals surface area contributed by atoms with Crippen LogP contribution in [-0.4, -0.2) is 89.1 Å². The molecule has 8 heteroatoms. The standard InChI is InChI=1S/C25H35N5O3/c1-28-12-14-29(15-13-28)25(32)16-21-19-30(24(31)9-5-6-20-17-26-27-18-20)11-10-23(21)33-22-7-3-2-4-8-22/h2-4,7-8,17-18,21,23H,5-6,9-16,19H2,1H3,(H,26,27)/t21-,23-/m0/s1. The zero-order valence-corrected chi connectivity index (χ0v) is 19.5. The minimum absolute atomic E-state index is 0.0102. The van der Waals surface area contributed by atoms with E-state index in [9.17, 15) is 9.59 Å². The van der Waals surface area contributed by atoms with Crippen LogP contribution in [0.5, 0.6) is 5.75 Å². The maximum absolute atomic E-state index is 13.1. The number of amides is 2. The quantitative estimate of drug-likeness (QED) is 0.663. The van der Waals surface area contributed by atoms with Crippen LogP contribution in [0.4, 0.5) is 0 Å². The normalized spacial score (nSPS) is 21.7. The van der Waals surface area contributed by atoms with E-state index in [4.69, 9.17) is 4.74 Å². The number of ether oxygens (including phenoxy) is 1. The fourth-order valence-electron chi connectivity index (χ4n) is 4.69. The zero-order valence-electron chi connectivity index (χ0n) is 19.5. The van der Waals surface area contributed by atoms with E-state index in [0.717, 1.165) is 56.8 Å². The fraction of sp³-hybridized carbons (Fsp3) is 0.560. The number of aryl methyl sites for hydroxylation is 1. The van der Waals surface area contributed by atoms with Crippen molar-refractivity contribution in [1.29, 1.82) is 0 Å². The second-order valence-corrected chi connectivity index (χ2v) is 9.21. The number of piperidine rings is 1. The molecule has 0 saturated carbocycles. The lowest BCUT2D eigenvalue weighted by Gasteiger charge is -2.40. The van der Waals surface area contributed by atoms with Gasteiger partial charge in [-0.25, -0.2) is 0 Å². The molecule has 8 nitrogen and oxygen atoms in total. The van der Waals surface area contributed by atoms with Gasteiger partial charge in [-0.15, -0.1) is 0 Å². The summed E-state index contributed by atoms with van der Waals surface area (Å²) in [5.41, 5.74) is 1.12. The second-order valence-electron chi connectivity index (χ2n) is 9.21. The van der Waals surface area contributed by atoms with Gasteiger partial charge >= 0.3 is 0 Å². The van der Waals surface area contributed by atoms with Crippen molar-refractivity contribution in [3.05, 3.63) is 48.3 Å². The molecule has 1 aromatic carbocycles. The lowest BCUT2D eigenvalue weighted by Crippen LogP contribution is -2.51. The zero-order chi connectivity index (χ0) is 23.0. The van der Waals surface area contributed by atoms with E-state index in [1.807, 2.05) is 46.3 Å². The Kier molecular flexibility index (Phi) is 7.99. The van der Waals surface area contributed by atoms with Crippen molar-refractivity contribution >= 4 is 11.8 Å². The van der Waals surface area contributed by atoms with Crippen LogP contribution in [0.2, 0.25) is 0 Å². The van der Waals surface area contributed by atoms with Gasteiger partial charge in [0.1, 0.15) is 11.9 Å². The first-order chi connectivity index (χ1) is 16.1. The number of piperazine rings is 1. The molecule has 0 spiro atoms. The van der Waals surface area contributed by atoms with Crippen molar-refractivity contribution in [2.24, 2.45) is 5.92 Å². The molecule has 3 heterocycles. The Morgan fingerprint density at radius 3 is 2.58 bits per heavy atom. The van der Waals surface area contributed by atoms with Gasteiger partial charge < -0.3 is 19.4 Å². The molecule has 0 aliphatic carbocycles. The van der Waals surface area contributed by atoms with E-state index in [2.05, 4.69) is 22.1 Å². The third kappa shape index (κ3) is 6.57. The molecular weight excluding hydrogens is 418 g/mol. The maximum atomic E-state index is 13.1. The van der Waals surface area contributed by atoms with Gasteiger partial charge in [-0.3, -0.25) is 14.7 Å². The van der Waals surface area contributed by atoms with Gasteiger partial charge in [0.2, 0.25) is 11.8 Å². The molecule has 2 amide bonds. The Bertz CT molecular complexity index is 881. The van der Waals surface area contributed by atoms with Crippen molar-refractivity contribution in [3.63, 3.8) is 0 Å². The van der Waals surface area contributed by atoms with E-state index in [1.165, 1.54) is 0 Å². The summed E-state index contributed by atoms with van der Waals surface area (Å²) in [5.74, 6) is 1.14. The number of aromatic amines is 1. The number of likely N-dealkylation sites (N-methyl/N-ethyl adjacent to an activating group) is 1. The van der Waals surface area contributed by atoms with Gasteiger partial charge in [-0.05, 0) is 37.6 Å². The van der Waals surface area contributed by atoms with Crippen LogP contribution in [0.15, 0.2) is 42.7 Å². The van der Waals surface area contributed by atoms with Crippen LogP contribution in [0, 0.1) is 5.92 Å². The molecule has 2 aliphatic heterocycles. The van der Waals surface area contributed by atoms with E-state index < -0.39 is 0 Å². The van der Waals surface area contributed by atoms with E-state index in [1.54, 1.807) is 6.20 Å². The Labute approximate surface area is 195 Å². The first kappa shape index (κ1) is 23.3. The highest BCUT2D eigenvalue weighted by molar-refractivity contribution is 5.78. The van der Waals surface area contributed by atoms with Gasteiger partial charge in [0, 0.05) is 70.6 Å². The van der Waals surface area contributed by atoms with Crippen LogP contribution in [-0.2, 0) is 16.0 Å². The molecule has 2 aromatic rings. The highest BCUT2D eigenvalue weighted by Gasteiger charge is 2.35. The van der Waals surface area contributed by atoms with E-state index >= 15 is 0 Å². The average Bonchev–Trinajstić information content (AvgIpc) is 3.35. The predicted octanol–water partition coefficient (Wildman–Crippen LogP) is 2.19. The van der Waals surface area contributed by atoms with Gasteiger partial charge in [-0.2, -0.15) is 5.10 Å². The summed E-state index contributed by atoms with van der Waals surface area (Å²) in [6.45, 7) is 4.58. The second kappa shape index (κ2) is 11.3. The van der Waals surface area contributed by atoms with Crippen molar-refractivity contribution in [2.45, 2.75) is 38.2 Å². The molecule has 0 radical (unpaired) electrons. The Morgan fingerprint density at radius 1 is 1.06 bits per heavy atom. The van der Waals surface area contributed by atoms with Gasteiger partial charge in [0.15, 0.2) is 0 Å². The first-order valence-corrected chi connectivity index (χ1v) is 12.0. The number of hydrogen-bond acceptors (Lipinski definition) is 5. The Balaban J connectivity index is 1.36. The number of likely N-dealkylation sites (tertiary alicyclic amines) is 1. The highest BCUT2D eigenvalue weighted by atomic mass is 16.5.